The van der Waals surface area contributed by atoms with E-state index in [1.54, 1.807) is 43.7 Å². The summed E-state index contributed by atoms with van der Waals surface area (Å²) in [5.74, 6) is -0.188. The Balaban J connectivity index is 1.70. The van der Waals surface area contributed by atoms with Crippen molar-refractivity contribution in [2.45, 2.75) is 33.7 Å². The summed E-state index contributed by atoms with van der Waals surface area (Å²) in [7, 11) is 1.57. The zero-order valence-corrected chi connectivity index (χ0v) is 25.0. The Hall–Kier alpha value is -3.76. The number of ether oxygens (including phenoxy) is 2. The van der Waals surface area contributed by atoms with Crippen LogP contribution in [0.5, 0.6) is 5.75 Å². The molecule has 2 aromatic heterocycles. The molecule has 5 rings (SSSR count). The summed E-state index contributed by atoms with van der Waals surface area (Å²) in [5.41, 5.74) is 4.81. The van der Waals surface area contributed by atoms with Gasteiger partial charge < -0.3 is 14.0 Å². The van der Waals surface area contributed by atoms with Gasteiger partial charge in [0.15, 0.2) is 4.80 Å². The van der Waals surface area contributed by atoms with Crippen molar-refractivity contribution < 1.29 is 18.7 Å². The molecule has 0 spiro atoms. The third-order valence-corrected chi connectivity index (χ3v) is 8.45. The summed E-state index contributed by atoms with van der Waals surface area (Å²) in [6, 6.07) is 13.0. The number of carbonyl (C=O) groups excluding carboxylic acids is 1. The first-order chi connectivity index (χ1) is 19.1. The van der Waals surface area contributed by atoms with Crippen molar-refractivity contribution in [1.82, 2.24) is 9.13 Å². The van der Waals surface area contributed by atoms with Gasteiger partial charge in [-0.2, -0.15) is 0 Å². The van der Waals surface area contributed by atoms with Crippen LogP contribution in [-0.2, 0) is 9.53 Å². The number of rotatable bonds is 6. The molecule has 1 aliphatic rings. The summed E-state index contributed by atoms with van der Waals surface area (Å²) >= 11 is 4.80. The fourth-order valence-corrected chi connectivity index (χ4v) is 6.62. The van der Waals surface area contributed by atoms with Crippen molar-refractivity contribution in [3.05, 3.63) is 112 Å². The van der Waals surface area contributed by atoms with Gasteiger partial charge in [-0.3, -0.25) is 9.36 Å². The number of fused-ring (bicyclic) bond motifs is 1. The number of allylic oxidation sites excluding steroid dienone is 1. The molecular weight excluding hydrogens is 597 g/mol. The first-order valence-corrected chi connectivity index (χ1v) is 14.2. The van der Waals surface area contributed by atoms with Gasteiger partial charge in [-0.05, 0) is 103 Å². The lowest BCUT2D eigenvalue weighted by Crippen LogP contribution is -2.40. The SMILES string of the molecule is CCOC(=O)C1=C(C)N=c2s/c(=C/c3cc(C)n(-c4ccc(F)cc4)c3C)c(=O)n2[C@@H]1c1ccc(OC)c(Br)c1. The topological polar surface area (TPSA) is 74.8 Å². The van der Waals surface area contributed by atoms with Crippen molar-refractivity contribution in [1.29, 1.82) is 0 Å². The zero-order chi connectivity index (χ0) is 28.7. The first kappa shape index (κ1) is 27.8. The van der Waals surface area contributed by atoms with E-state index >= 15 is 0 Å². The molecule has 0 radical (unpaired) electrons. The minimum atomic E-state index is -0.730. The predicted molar refractivity (Wildman–Crippen MR) is 156 cm³/mol. The fraction of sp³-hybridized carbons (Fsp3) is 0.233. The quantitative estimate of drug-likeness (QED) is 0.280. The van der Waals surface area contributed by atoms with Gasteiger partial charge in [0.1, 0.15) is 11.6 Å². The molecule has 206 valence electrons. The van der Waals surface area contributed by atoms with Gasteiger partial charge in [0.05, 0.1) is 40.0 Å². The Labute approximate surface area is 242 Å². The Morgan fingerprint density at radius 3 is 2.52 bits per heavy atom. The van der Waals surface area contributed by atoms with Crippen LogP contribution in [0.4, 0.5) is 4.39 Å². The van der Waals surface area contributed by atoms with Crippen LogP contribution in [-0.4, -0.2) is 28.8 Å². The summed E-state index contributed by atoms with van der Waals surface area (Å²) in [6.07, 6.45) is 1.84. The smallest absolute Gasteiger partial charge is 0.338 e. The summed E-state index contributed by atoms with van der Waals surface area (Å²) in [6.45, 7) is 7.62. The molecule has 7 nitrogen and oxygen atoms in total. The summed E-state index contributed by atoms with van der Waals surface area (Å²) < 4.78 is 29.0. The second-order valence-electron chi connectivity index (χ2n) is 9.33. The predicted octanol–water partition coefficient (Wildman–Crippen LogP) is 5.12. The average Bonchev–Trinajstić information content (AvgIpc) is 3.37. The van der Waals surface area contributed by atoms with E-state index in [0.717, 1.165) is 22.6 Å². The normalized spacial score (nSPS) is 15.2. The maximum Gasteiger partial charge on any atom is 0.338 e. The molecule has 1 aliphatic heterocycles. The third kappa shape index (κ3) is 4.86. The lowest BCUT2D eigenvalue weighted by molar-refractivity contribution is -0.139. The molecule has 0 saturated heterocycles. The fourth-order valence-electron chi connectivity index (χ4n) is 5.02. The standard InChI is InChI=1S/C30H27BrFN3O4S/c1-6-39-29(37)26-17(3)33-30-35(27(26)19-7-12-24(38-5)23(31)14-19)28(36)25(40-30)15-20-13-16(2)34(18(20)4)22-10-8-21(32)9-11-22/h7-15,27H,6H2,1-5H3/b25-15+/t27-/m1/s1. The van der Waals surface area contributed by atoms with Gasteiger partial charge in [-0.25, -0.2) is 14.2 Å². The van der Waals surface area contributed by atoms with Gasteiger partial charge >= 0.3 is 5.97 Å². The van der Waals surface area contributed by atoms with Crippen molar-refractivity contribution >= 4 is 39.3 Å². The molecule has 3 heterocycles. The van der Waals surface area contributed by atoms with Crippen molar-refractivity contribution in [3.8, 4) is 11.4 Å². The second-order valence-corrected chi connectivity index (χ2v) is 11.2. The second kappa shape index (κ2) is 11.0. The molecule has 0 fully saturated rings. The zero-order valence-electron chi connectivity index (χ0n) is 22.6. The number of nitrogens with zero attached hydrogens (tertiary/aromatic N) is 3. The van der Waals surface area contributed by atoms with Gasteiger partial charge in [0.2, 0.25) is 0 Å². The monoisotopic (exact) mass is 623 g/mol. The van der Waals surface area contributed by atoms with E-state index in [1.807, 2.05) is 42.7 Å². The molecule has 0 saturated carbocycles. The third-order valence-electron chi connectivity index (χ3n) is 6.85. The largest absolute Gasteiger partial charge is 0.496 e. The summed E-state index contributed by atoms with van der Waals surface area (Å²) in [4.78, 5) is 32.3. The van der Waals surface area contributed by atoms with Crippen LogP contribution in [0.15, 0.2) is 74.1 Å². The van der Waals surface area contributed by atoms with Crippen LogP contribution in [0.3, 0.4) is 0 Å². The molecule has 0 bridgehead atoms. The molecule has 0 amide bonds. The Morgan fingerprint density at radius 1 is 1.15 bits per heavy atom. The highest BCUT2D eigenvalue weighted by Crippen LogP contribution is 2.35. The molecule has 0 unspecified atom stereocenters. The molecule has 4 aromatic rings. The number of aromatic nitrogens is 2. The van der Waals surface area contributed by atoms with Crippen LogP contribution < -0.4 is 19.6 Å². The number of halogens is 2. The number of benzene rings is 2. The Bertz CT molecular complexity index is 1850. The number of esters is 1. The highest BCUT2D eigenvalue weighted by atomic mass is 79.9. The van der Waals surface area contributed by atoms with Crippen LogP contribution in [0.25, 0.3) is 11.8 Å². The lowest BCUT2D eigenvalue weighted by Gasteiger charge is -2.25. The number of methoxy groups -OCH3 is 1. The van der Waals surface area contributed by atoms with Crippen LogP contribution in [0.1, 0.15) is 42.4 Å². The van der Waals surface area contributed by atoms with Gasteiger partial charge in [0, 0.05) is 17.1 Å². The number of hydrogen-bond acceptors (Lipinski definition) is 6. The average molecular weight is 625 g/mol. The number of carbonyl (C=O) groups is 1. The van der Waals surface area contributed by atoms with E-state index in [-0.39, 0.29) is 18.0 Å². The van der Waals surface area contributed by atoms with Crippen molar-refractivity contribution in [2.24, 2.45) is 4.99 Å². The first-order valence-electron chi connectivity index (χ1n) is 12.6. The van der Waals surface area contributed by atoms with E-state index in [4.69, 9.17) is 9.47 Å². The van der Waals surface area contributed by atoms with Gasteiger partial charge in [0.25, 0.3) is 5.56 Å². The van der Waals surface area contributed by atoms with Crippen molar-refractivity contribution in [2.75, 3.05) is 13.7 Å². The maximum atomic E-state index is 14.0. The highest BCUT2D eigenvalue weighted by molar-refractivity contribution is 9.10. The van der Waals surface area contributed by atoms with E-state index in [0.29, 0.717) is 36.4 Å². The highest BCUT2D eigenvalue weighted by Gasteiger charge is 2.33. The number of aryl methyl sites for hydroxylation is 1. The number of thiazole rings is 1. The van der Waals surface area contributed by atoms with E-state index in [9.17, 15) is 14.0 Å². The molecule has 10 heteroatoms. The van der Waals surface area contributed by atoms with Crippen molar-refractivity contribution in [3.63, 3.8) is 0 Å². The Morgan fingerprint density at radius 2 is 1.88 bits per heavy atom. The maximum absolute atomic E-state index is 14.0. The minimum absolute atomic E-state index is 0.197. The lowest BCUT2D eigenvalue weighted by atomic mass is 9.96. The van der Waals surface area contributed by atoms with Crippen LogP contribution in [0.2, 0.25) is 0 Å². The van der Waals surface area contributed by atoms with Crippen LogP contribution >= 0.6 is 27.3 Å². The Kier molecular flexibility index (Phi) is 7.65. The van der Waals surface area contributed by atoms with E-state index in [2.05, 4.69) is 20.9 Å². The van der Waals surface area contributed by atoms with Gasteiger partial charge in [-0.1, -0.05) is 17.4 Å². The molecule has 1 atom stereocenters. The van der Waals surface area contributed by atoms with Gasteiger partial charge in [-0.15, -0.1) is 0 Å². The molecule has 0 aliphatic carbocycles. The van der Waals surface area contributed by atoms with E-state index < -0.39 is 12.0 Å². The molecule has 2 aromatic carbocycles. The number of hydrogen-bond donors (Lipinski definition) is 0. The molecular formula is C30H27BrFN3O4S. The molecule has 40 heavy (non-hydrogen) atoms. The molecule has 0 N–H and O–H groups in total. The minimum Gasteiger partial charge on any atom is -0.496 e. The summed E-state index contributed by atoms with van der Waals surface area (Å²) in [5, 5.41) is 0. The van der Waals surface area contributed by atoms with E-state index in [1.165, 1.54) is 23.5 Å². The van der Waals surface area contributed by atoms with Crippen LogP contribution in [0, 0.1) is 19.7 Å².